The average molecular weight is 162 g/mol. The molecule has 10 heavy (non-hydrogen) atoms. The average Bonchev–Trinajstić information content (AvgIpc) is 2.15. The van der Waals surface area contributed by atoms with Crippen LogP contribution in [0.3, 0.4) is 0 Å². The summed E-state index contributed by atoms with van der Waals surface area (Å²) in [6.45, 7) is 6.03. The van der Waals surface area contributed by atoms with Crippen molar-refractivity contribution in [2.45, 2.75) is 13.8 Å². The Bertz CT molecular complexity index is 144. The maximum Gasteiger partial charge on any atom is 0.218 e. The molecule has 0 saturated carbocycles. The van der Waals surface area contributed by atoms with E-state index in [9.17, 15) is 0 Å². The molecule has 1 rings (SSSR count). The smallest absolute Gasteiger partial charge is 0.218 e. The molecule has 1 aliphatic rings. The molecule has 0 aromatic carbocycles. The molecule has 1 N–H and O–H groups in total. The first kappa shape index (κ1) is 7.66. The van der Waals surface area contributed by atoms with Crippen molar-refractivity contribution in [2.24, 2.45) is 11.0 Å². The normalized spacial score (nSPS) is 17.6. The van der Waals surface area contributed by atoms with Crippen LogP contribution in [-0.2, 0) is 0 Å². The van der Waals surface area contributed by atoms with E-state index in [4.69, 9.17) is 11.6 Å². The van der Waals surface area contributed by atoms with Crippen molar-refractivity contribution in [1.82, 2.24) is 10.3 Å². The Balaban J connectivity index is 2.35. The van der Waals surface area contributed by atoms with Crippen molar-refractivity contribution in [3.05, 3.63) is 0 Å². The quantitative estimate of drug-likeness (QED) is 0.613. The van der Waals surface area contributed by atoms with E-state index in [1.54, 1.807) is 0 Å². The summed E-state index contributed by atoms with van der Waals surface area (Å²) in [6, 6.07) is 0. The van der Waals surface area contributed by atoms with Crippen LogP contribution < -0.4 is 5.43 Å². The molecule has 0 bridgehead atoms. The van der Waals surface area contributed by atoms with Gasteiger partial charge in [0.05, 0.1) is 0 Å². The molecule has 1 aliphatic heterocycles. The topological polar surface area (TPSA) is 27.6 Å². The number of rotatable bonds is 2. The first-order chi connectivity index (χ1) is 4.70. The summed E-state index contributed by atoms with van der Waals surface area (Å²) in [6.07, 6.45) is 0. The summed E-state index contributed by atoms with van der Waals surface area (Å²) in [5, 5.41) is 4.41. The van der Waals surface area contributed by atoms with E-state index < -0.39 is 0 Å². The van der Waals surface area contributed by atoms with Crippen LogP contribution in [0.1, 0.15) is 13.8 Å². The van der Waals surface area contributed by atoms with Gasteiger partial charge >= 0.3 is 0 Å². The molecule has 0 atom stereocenters. The molecule has 0 unspecified atom stereocenters. The number of hydrogen-bond donors (Lipinski definition) is 1. The second kappa shape index (κ2) is 3.10. The van der Waals surface area contributed by atoms with Crippen LogP contribution in [0, 0.1) is 5.92 Å². The number of nitrogens with zero attached hydrogens (tertiary/aromatic N) is 2. The third-order valence-electron chi connectivity index (χ3n) is 1.28. The number of hydrogen-bond acceptors (Lipinski definition) is 3. The highest BCUT2D eigenvalue weighted by atomic mass is 35.5. The van der Waals surface area contributed by atoms with Crippen molar-refractivity contribution in [3.8, 4) is 0 Å². The Morgan fingerprint density at radius 1 is 1.80 bits per heavy atom. The fraction of sp³-hybridized carbons (Fsp3) is 0.833. The maximum atomic E-state index is 5.74. The van der Waals surface area contributed by atoms with E-state index >= 15 is 0 Å². The van der Waals surface area contributed by atoms with Crippen LogP contribution in [0.4, 0.5) is 0 Å². The standard InChI is InChI=1S/C6H12ClN3/c1-5(2)3-10-4-8-9-6(10)7/h5,8H,3-4H2,1-2H3. The Morgan fingerprint density at radius 2 is 2.50 bits per heavy atom. The molecule has 0 aromatic heterocycles. The van der Waals surface area contributed by atoms with Crippen molar-refractivity contribution in [1.29, 1.82) is 0 Å². The molecular weight excluding hydrogens is 150 g/mol. The zero-order valence-electron chi connectivity index (χ0n) is 6.26. The Hall–Kier alpha value is -0.440. The minimum absolute atomic E-state index is 0.578. The number of halogens is 1. The second-order valence-corrected chi connectivity index (χ2v) is 3.15. The van der Waals surface area contributed by atoms with E-state index in [0.29, 0.717) is 11.2 Å². The fourth-order valence-electron chi connectivity index (χ4n) is 0.903. The van der Waals surface area contributed by atoms with Crippen LogP contribution in [0.25, 0.3) is 0 Å². The third kappa shape index (κ3) is 1.77. The van der Waals surface area contributed by atoms with E-state index in [2.05, 4.69) is 24.4 Å². The molecule has 0 radical (unpaired) electrons. The van der Waals surface area contributed by atoms with Crippen LogP contribution in [0.2, 0.25) is 0 Å². The summed E-state index contributed by atoms with van der Waals surface area (Å²) in [4.78, 5) is 2.01. The largest absolute Gasteiger partial charge is 0.326 e. The van der Waals surface area contributed by atoms with Gasteiger partial charge in [-0.25, -0.2) is 0 Å². The van der Waals surface area contributed by atoms with E-state index in [-0.39, 0.29) is 0 Å². The summed E-state index contributed by atoms with van der Waals surface area (Å²) >= 11 is 5.74. The van der Waals surface area contributed by atoms with Gasteiger partial charge in [-0.3, -0.25) is 5.43 Å². The van der Waals surface area contributed by atoms with Gasteiger partial charge in [-0.05, 0) is 17.5 Å². The summed E-state index contributed by atoms with van der Waals surface area (Å²) in [5.74, 6) is 0.629. The van der Waals surface area contributed by atoms with Crippen molar-refractivity contribution < 1.29 is 0 Å². The minimum atomic E-state index is 0.578. The molecular formula is C6H12ClN3. The molecule has 4 heteroatoms. The first-order valence-corrected chi connectivity index (χ1v) is 3.79. The zero-order valence-corrected chi connectivity index (χ0v) is 7.02. The summed E-state index contributed by atoms with van der Waals surface area (Å²) < 4.78 is 0. The number of nitrogens with one attached hydrogen (secondary N) is 1. The number of amidine groups is 1. The second-order valence-electron chi connectivity index (χ2n) is 2.81. The molecule has 0 fully saturated rings. The van der Waals surface area contributed by atoms with E-state index in [1.165, 1.54) is 0 Å². The Morgan fingerprint density at radius 3 is 2.90 bits per heavy atom. The molecule has 58 valence electrons. The summed E-state index contributed by atoms with van der Waals surface area (Å²) in [7, 11) is 0. The van der Waals surface area contributed by atoms with Crippen LogP contribution >= 0.6 is 11.6 Å². The molecule has 0 aliphatic carbocycles. The SMILES string of the molecule is CC(C)CN1CNN=C1Cl. The predicted octanol–water partition coefficient (Wildman–Crippen LogP) is 1.01. The van der Waals surface area contributed by atoms with E-state index in [1.807, 2.05) is 4.90 Å². The Kier molecular flexibility index (Phi) is 2.38. The van der Waals surface area contributed by atoms with Gasteiger partial charge in [-0.15, -0.1) is 5.10 Å². The highest BCUT2D eigenvalue weighted by molar-refractivity contribution is 6.64. The van der Waals surface area contributed by atoms with Gasteiger partial charge in [0.15, 0.2) is 0 Å². The molecule has 0 saturated heterocycles. The van der Waals surface area contributed by atoms with Gasteiger partial charge in [-0.2, -0.15) is 0 Å². The van der Waals surface area contributed by atoms with Crippen LogP contribution in [0.5, 0.6) is 0 Å². The van der Waals surface area contributed by atoms with E-state index in [0.717, 1.165) is 13.2 Å². The monoisotopic (exact) mass is 161 g/mol. The maximum absolute atomic E-state index is 5.74. The van der Waals surface area contributed by atoms with Crippen molar-refractivity contribution in [3.63, 3.8) is 0 Å². The zero-order chi connectivity index (χ0) is 7.56. The Labute approximate surface area is 66.0 Å². The number of hydrazone groups is 1. The van der Waals surface area contributed by atoms with Gasteiger partial charge in [-0.1, -0.05) is 13.8 Å². The highest BCUT2D eigenvalue weighted by Crippen LogP contribution is 2.04. The van der Waals surface area contributed by atoms with Gasteiger partial charge in [0, 0.05) is 6.54 Å². The van der Waals surface area contributed by atoms with Crippen molar-refractivity contribution in [2.75, 3.05) is 13.2 Å². The molecule has 0 aromatic rings. The lowest BCUT2D eigenvalue weighted by atomic mass is 10.2. The predicted molar refractivity (Wildman–Crippen MR) is 42.8 cm³/mol. The highest BCUT2D eigenvalue weighted by Gasteiger charge is 2.14. The van der Waals surface area contributed by atoms with Gasteiger partial charge in [0.25, 0.3) is 0 Å². The summed E-state index contributed by atoms with van der Waals surface area (Å²) in [5.41, 5.74) is 2.81. The molecule has 1 heterocycles. The molecule has 0 amide bonds. The lowest BCUT2D eigenvalue weighted by Gasteiger charge is -2.17. The fourth-order valence-corrected chi connectivity index (χ4v) is 1.09. The van der Waals surface area contributed by atoms with Crippen molar-refractivity contribution >= 4 is 16.9 Å². The van der Waals surface area contributed by atoms with Crippen LogP contribution in [-0.4, -0.2) is 23.4 Å². The minimum Gasteiger partial charge on any atom is -0.326 e. The molecule has 3 nitrogen and oxygen atoms in total. The van der Waals surface area contributed by atoms with Gasteiger partial charge in [0.1, 0.15) is 6.67 Å². The lowest BCUT2D eigenvalue weighted by Crippen LogP contribution is -2.30. The lowest BCUT2D eigenvalue weighted by molar-refractivity contribution is 0.375. The third-order valence-corrected chi connectivity index (χ3v) is 1.60. The van der Waals surface area contributed by atoms with Crippen LogP contribution in [0.15, 0.2) is 5.10 Å². The van der Waals surface area contributed by atoms with Gasteiger partial charge in [0.2, 0.25) is 5.29 Å². The van der Waals surface area contributed by atoms with Gasteiger partial charge < -0.3 is 4.90 Å². The first-order valence-electron chi connectivity index (χ1n) is 3.41. The molecule has 0 spiro atoms.